The molecule has 9 nitrogen and oxygen atoms in total. The Kier molecular flexibility index (Phi) is 9.33. The van der Waals surface area contributed by atoms with Gasteiger partial charge >= 0.3 is 0 Å². The van der Waals surface area contributed by atoms with Gasteiger partial charge in [0, 0.05) is 62.6 Å². The second-order valence-corrected chi connectivity index (χ2v) is 10.5. The Balaban J connectivity index is 1.57. The number of amides is 2. The van der Waals surface area contributed by atoms with Crippen molar-refractivity contribution in [2.24, 2.45) is 0 Å². The fourth-order valence-electron chi connectivity index (χ4n) is 4.91. The van der Waals surface area contributed by atoms with Gasteiger partial charge in [-0.3, -0.25) is 9.59 Å². The molecule has 1 aliphatic carbocycles. The summed E-state index contributed by atoms with van der Waals surface area (Å²) in [4.78, 5) is 36.1. The summed E-state index contributed by atoms with van der Waals surface area (Å²) >= 11 is 0. The van der Waals surface area contributed by atoms with Crippen molar-refractivity contribution in [1.29, 1.82) is 5.26 Å². The van der Waals surface area contributed by atoms with Crippen LogP contribution in [0.5, 0.6) is 0 Å². The Bertz CT molecular complexity index is 1260. The van der Waals surface area contributed by atoms with E-state index < -0.39 is 0 Å². The Labute approximate surface area is 231 Å². The minimum atomic E-state index is -0.184. The molecule has 1 saturated heterocycles. The van der Waals surface area contributed by atoms with Crippen molar-refractivity contribution in [1.82, 2.24) is 14.8 Å². The first-order chi connectivity index (χ1) is 18.8. The van der Waals surface area contributed by atoms with Crippen LogP contribution in [0.4, 0.5) is 11.5 Å². The monoisotopic (exact) mass is 530 g/mol. The molecule has 2 amide bonds. The van der Waals surface area contributed by atoms with Crippen LogP contribution < -0.4 is 10.2 Å². The van der Waals surface area contributed by atoms with E-state index in [1.807, 2.05) is 67.2 Å². The molecule has 1 aliphatic heterocycles. The first-order valence-corrected chi connectivity index (χ1v) is 13.5. The van der Waals surface area contributed by atoms with Crippen LogP contribution in [-0.4, -0.2) is 86.6 Å². The molecule has 0 spiro atoms. The van der Waals surface area contributed by atoms with Crippen molar-refractivity contribution < 1.29 is 14.3 Å². The molecule has 1 saturated carbocycles. The highest BCUT2D eigenvalue weighted by molar-refractivity contribution is 5.99. The first kappa shape index (κ1) is 28.3. The second kappa shape index (κ2) is 12.9. The number of nitrogens with one attached hydrogen (secondary N) is 1. The molecule has 2 aromatic rings. The lowest BCUT2D eigenvalue weighted by Gasteiger charge is -2.41. The summed E-state index contributed by atoms with van der Waals surface area (Å²) in [5.74, 6) is 0.950. The SMILES string of the molecule is COCCC(=O)N1CCN(c2nc(C3CC3)c(-c3cccc(NC(=O)C=CCN(C)C)c3)cc2C#N)C[C@H]1C. The highest BCUT2D eigenvalue weighted by atomic mass is 16.5. The number of anilines is 2. The number of methoxy groups -OCH3 is 1. The maximum atomic E-state index is 12.6. The molecular formula is C30H38N6O3. The molecule has 39 heavy (non-hydrogen) atoms. The van der Waals surface area contributed by atoms with E-state index >= 15 is 0 Å². The van der Waals surface area contributed by atoms with Crippen LogP contribution in [-0.2, 0) is 14.3 Å². The normalized spacial score (nSPS) is 17.5. The van der Waals surface area contributed by atoms with Crippen LogP contribution in [0.25, 0.3) is 11.1 Å². The van der Waals surface area contributed by atoms with Gasteiger partial charge in [-0.15, -0.1) is 0 Å². The third kappa shape index (κ3) is 7.22. The number of pyridine rings is 1. The molecular weight excluding hydrogens is 492 g/mol. The summed E-state index contributed by atoms with van der Waals surface area (Å²) in [5, 5.41) is 13.0. The van der Waals surface area contributed by atoms with Gasteiger partial charge in [0.1, 0.15) is 11.9 Å². The predicted molar refractivity (Wildman–Crippen MR) is 153 cm³/mol. The summed E-state index contributed by atoms with van der Waals surface area (Å²) in [6.07, 6.45) is 5.86. The van der Waals surface area contributed by atoms with Crippen molar-refractivity contribution in [2.75, 3.05) is 64.2 Å². The maximum absolute atomic E-state index is 12.6. The van der Waals surface area contributed by atoms with Crippen LogP contribution in [0.3, 0.4) is 0 Å². The maximum Gasteiger partial charge on any atom is 0.248 e. The number of likely N-dealkylation sites (N-methyl/N-ethyl adjacent to an activating group) is 1. The zero-order valence-electron chi connectivity index (χ0n) is 23.3. The lowest BCUT2D eigenvalue weighted by molar-refractivity contribution is -0.134. The Morgan fingerprint density at radius 3 is 2.72 bits per heavy atom. The van der Waals surface area contributed by atoms with Crippen molar-refractivity contribution in [3.05, 3.63) is 53.7 Å². The number of hydrogen-bond acceptors (Lipinski definition) is 7. The van der Waals surface area contributed by atoms with Gasteiger partial charge in [-0.1, -0.05) is 18.2 Å². The van der Waals surface area contributed by atoms with Gasteiger partial charge in [-0.25, -0.2) is 4.98 Å². The van der Waals surface area contributed by atoms with Crippen LogP contribution in [0.1, 0.15) is 43.4 Å². The molecule has 1 aromatic carbocycles. The number of benzene rings is 1. The molecule has 2 aliphatic rings. The predicted octanol–water partition coefficient (Wildman–Crippen LogP) is 3.63. The molecule has 4 rings (SSSR count). The first-order valence-electron chi connectivity index (χ1n) is 13.5. The number of rotatable bonds is 10. The molecule has 9 heteroatoms. The van der Waals surface area contributed by atoms with E-state index in [4.69, 9.17) is 9.72 Å². The second-order valence-electron chi connectivity index (χ2n) is 10.5. The van der Waals surface area contributed by atoms with Crippen molar-refractivity contribution in [2.45, 2.75) is 38.1 Å². The quantitative estimate of drug-likeness (QED) is 0.468. The van der Waals surface area contributed by atoms with E-state index in [0.29, 0.717) is 62.2 Å². The Morgan fingerprint density at radius 2 is 2.05 bits per heavy atom. The third-order valence-electron chi connectivity index (χ3n) is 7.06. The summed E-state index contributed by atoms with van der Waals surface area (Å²) in [6.45, 7) is 4.96. The van der Waals surface area contributed by atoms with Crippen molar-refractivity contribution >= 4 is 23.3 Å². The van der Waals surface area contributed by atoms with Gasteiger partial charge in [0.05, 0.1) is 24.3 Å². The number of ether oxygens (including phenoxy) is 1. The van der Waals surface area contributed by atoms with Crippen LogP contribution in [0.2, 0.25) is 0 Å². The number of piperazine rings is 1. The van der Waals surface area contributed by atoms with E-state index in [1.54, 1.807) is 13.2 Å². The molecule has 1 N–H and O–H groups in total. The van der Waals surface area contributed by atoms with Crippen molar-refractivity contribution in [3.8, 4) is 17.2 Å². The molecule has 0 bridgehead atoms. The molecule has 1 atom stereocenters. The summed E-state index contributed by atoms with van der Waals surface area (Å²) in [6, 6.07) is 12.0. The number of carbonyl (C=O) groups is 2. The van der Waals surface area contributed by atoms with E-state index in [9.17, 15) is 14.9 Å². The van der Waals surface area contributed by atoms with E-state index in [-0.39, 0.29) is 17.9 Å². The summed E-state index contributed by atoms with van der Waals surface area (Å²) in [7, 11) is 5.50. The zero-order valence-corrected chi connectivity index (χ0v) is 23.3. The van der Waals surface area contributed by atoms with Gasteiger partial charge in [0.25, 0.3) is 0 Å². The highest BCUT2D eigenvalue weighted by Crippen LogP contribution is 2.45. The van der Waals surface area contributed by atoms with Gasteiger partial charge in [0.2, 0.25) is 11.8 Å². The summed E-state index contributed by atoms with van der Waals surface area (Å²) < 4.78 is 5.07. The molecule has 1 aromatic heterocycles. The summed E-state index contributed by atoms with van der Waals surface area (Å²) in [5.41, 5.74) is 4.05. The lowest BCUT2D eigenvalue weighted by atomic mass is 9.98. The smallest absolute Gasteiger partial charge is 0.248 e. The van der Waals surface area contributed by atoms with Gasteiger partial charge < -0.3 is 24.8 Å². The molecule has 2 heterocycles. The number of nitriles is 1. The van der Waals surface area contributed by atoms with E-state index in [0.717, 1.165) is 29.7 Å². The number of aromatic nitrogens is 1. The standard InChI is InChI=1S/C30H38N6O3/c1-21-20-35(14-15-36(21)28(38)12-16-39-4)30-24(19-31)18-26(29(33-30)22-10-11-22)23-7-5-8-25(17-23)32-27(37)9-6-13-34(2)3/h5-9,17-18,21-22H,10-16,20H2,1-4H3,(H,32,37)/t21-/m1/s1. The minimum absolute atomic E-state index is 0.00701. The fourth-order valence-corrected chi connectivity index (χ4v) is 4.91. The average molecular weight is 531 g/mol. The number of hydrogen-bond donors (Lipinski definition) is 1. The Morgan fingerprint density at radius 1 is 1.26 bits per heavy atom. The average Bonchev–Trinajstić information content (AvgIpc) is 3.76. The lowest BCUT2D eigenvalue weighted by Crippen LogP contribution is -2.54. The number of carbonyl (C=O) groups excluding carboxylic acids is 2. The number of nitrogens with zero attached hydrogens (tertiary/aromatic N) is 5. The van der Waals surface area contributed by atoms with E-state index in [1.165, 1.54) is 0 Å². The Hall–Kier alpha value is -3.74. The fraction of sp³-hybridized carbons (Fsp3) is 0.467. The third-order valence-corrected chi connectivity index (χ3v) is 7.06. The van der Waals surface area contributed by atoms with E-state index in [2.05, 4.69) is 16.3 Å². The largest absolute Gasteiger partial charge is 0.384 e. The van der Waals surface area contributed by atoms with Crippen LogP contribution in [0, 0.1) is 11.3 Å². The van der Waals surface area contributed by atoms with Gasteiger partial charge in [-0.05, 0) is 57.6 Å². The minimum Gasteiger partial charge on any atom is -0.384 e. The topological polar surface area (TPSA) is 102 Å². The van der Waals surface area contributed by atoms with Crippen molar-refractivity contribution in [3.63, 3.8) is 0 Å². The molecule has 0 radical (unpaired) electrons. The van der Waals surface area contributed by atoms with Crippen LogP contribution in [0.15, 0.2) is 42.5 Å². The molecule has 206 valence electrons. The van der Waals surface area contributed by atoms with Gasteiger partial charge in [-0.2, -0.15) is 5.26 Å². The van der Waals surface area contributed by atoms with Gasteiger partial charge in [0.15, 0.2) is 0 Å². The zero-order chi connectivity index (χ0) is 27.9. The highest BCUT2D eigenvalue weighted by Gasteiger charge is 2.33. The van der Waals surface area contributed by atoms with Crippen LogP contribution >= 0.6 is 0 Å². The molecule has 2 fully saturated rings. The molecule has 0 unspecified atom stereocenters.